The number of hydrogen-bond donors (Lipinski definition) is 2. The van der Waals surface area contributed by atoms with Crippen LogP contribution < -0.4 is 5.32 Å². The van der Waals surface area contributed by atoms with E-state index in [9.17, 15) is 9.59 Å². The van der Waals surface area contributed by atoms with Crippen molar-refractivity contribution in [2.45, 2.75) is 26.2 Å². The standard InChI is InChI=1S/C16H17Cl2N3O3/c1-3-4-5-9-6-10(17)13(11(18)7-9)15(22)20-12-8-19-21-14(12)16(23)24-2/h6-8H,3-5H2,1-2H3,(H,19,21)(H,20,22). The first-order valence-corrected chi connectivity index (χ1v) is 8.14. The quantitative estimate of drug-likeness (QED) is 0.750. The zero-order valence-electron chi connectivity index (χ0n) is 13.3. The largest absolute Gasteiger partial charge is 0.464 e. The number of carbonyl (C=O) groups excluding carboxylic acids is 2. The normalized spacial score (nSPS) is 10.5. The van der Waals surface area contributed by atoms with Crippen LogP contribution in [0.1, 0.15) is 46.2 Å². The lowest BCUT2D eigenvalue weighted by atomic mass is 10.1. The maximum absolute atomic E-state index is 12.5. The summed E-state index contributed by atoms with van der Waals surface area (Å²) in [7, 11) is 1.23. The Morgan fingerprint density at radius 2 is 1.96 bits per heavy atom. The average Bonchev–Trinajstić information content (AvgIpc) is 2.99. The number of unbranched alkanes of at least 4 members (excludes halogenated alkanes) is 1. The molecule has 2 aromatic rings. The minimum Gasteiger partial charge on any atom is -0.464 e. The first-order valence-electron chi connectivity index (χ1n) is 7.38. The molecule has 6 nitrogen and oxygen atoms in total. The number of anilines is 1. The fraction of sp³-hybridized carbons (Fsp3) is 0.312. The molecule has 24 heavy (non-hydrogen) atoms. The molecule has 1 heterocycles. The number of aromatic nitrogens is 2. The number of carbonyl (C=O) groups is 2. The van der Waals surface area contributed by atoms with Gasteiger partial charge in [0.15, 0.2) is 5.69 Å². The summed E-state index contributed by atoms with van der Waals surface area (Å²) in [6.45, 7) is 2.09. The third-order valence-electron chi connectivity index (χ3n) is 3.43. The number of methoxy groups -OCH3 is 1. The lowest BCUT2D eigenvalue weighted by Crippen LogP contribution is -2.16. The molecule has 8 heteroatoms. The van der Waals surface area contributed by atoms with E-state index in [-0.39, 0.29) is 27.0 Å². The summed E-state index contributed by atoms with van der Waals surface area (Å²) in [5.74, 6) is -1.17. The monoisotopic (exact) mass is 369 g/mol. The summed E-state index contributed by atoms with van der Waals surface area (Å²) >= 11 is 12.4. The van der Waals surface area contributed by atoms with Gasteiger partial charge in [0.2, 0.25) is 0 Å². The van der Waals surface area contributed by atoms with Gasteiger partial charge in [-0.1, -0.05) is 36.5 Å². The van der Waals surface area contributed by atoms with E-state index in [2.05, 4.69) is 27.2 Å². The maximum atomic E-state index is 12.5. The van der Waals surface area contributed by atoms with Crippen molar-refractivity contribution in [3.05, 3.63) is 45.2 Å². The van der Waals surface area contributed by atoms with Gasteiger partial charge in [-0.25, -0.2) is 4.79 Å². The number of aryl methyl sites for hydroxylation is 1. The van der Waals surface area contributed by atoms with Crippen LogP contribution in [-0.4, -0.2) is 29.2 Å². The number of halogens is 2. The van der Waals surface area contributed by atoms with Gasteiger partial charge >= 0.3 is 5.97 Å². The van der Waals surface area contributed by atoms with E-state index >= 15 is 0 Å². The van der Waals surface area contributed by atoms with Crippen LogP contribution in [0.25, 0.3) is 0 Å². The minimum absolute atomic E-state index is 0.0395. The molecule has 1 aromatic heterocycles. The summed E-state index contributed by atoms with van der Waals surface area (Å²) in [5.41, 5.74) is 1.35. The van der Waals surface area contributed by atoms with Gasteiger partial charge in [-0.3, -0.25) is 9.89 Å². The number of nitrogens with zero attached hydrogens (tertiary/aromatic N) is 1. The van der Waals surface area contributed by atoms with Gasteiger partial charge < -0.3 is 10.1 Å². The van der Waals surface area contributed by atoms with E-state index in [0.717, 1.165) is 24.8 Å². The van der Waals surface area contributed by atoms with Gasteiger partial charge in [0, 0.05) is 0 Å². The second-order valence-electron chi connectivity index (χ2n) is 5.14. The molecule has 0 radical (unpaired) electrons. The van der Waals surface area contributed by atoms with Crippen LogP contribution >= 0.6 is 23.2 Å². The van der Waals surface area contributed by atoms with Crippen molar-refractivity contribution in [2.75, 3.05) is 12.4 Å². The third-order valence-corrected chi connectivity index (χ3v) is 4.02. The minimum atomic E-state index is -0.644. The van der Waals surface area contributed by atoms with E-state index in [1.807, 2.05) is 0 Å². The van der Waals surface area contributed by atoms with Gasteiger partial charge in [0.05, 0.1) is 34.6 Å². The SMILES string of the molecule is CCCCc1cc(Cl)c(C(=O)Nc2cn[nH]c2C(=O)OC)c(Cl)c1. The van der Waals surface area contributed by atoms with Gasteiger partial charge in [0.1, 0.15) is 0 Å². The van der Waals surface area contributed by atoms with Crippen LogP contribution in [-0.2, 0) is 11.2 Å². The zero-order valence-corrected chi connectivity index (χ0v) is 14.8. The first-order chi connectivity index (χ1) is 11.5. The highest BCUT2D eigenvalue weighted by atomic mass is 35.5. The van der Waals surface area contributed by atoms with Crippen molar-refractivity contribution in [1.29, 1.82) is 0 Å². The number of rotatable bonds is 6. The molecule has 0 aliphatic carbocycles. The molecule has 2 rings (SSSR count). The van der Waals surface area contributed by atoms with Crippen molar-refractivity contribution in [2.24, 2.45) is 0 Å². The molecule has 128 valence electrons. The third kappa shape index (κ3) is 4.07. The van der Waals surface area contributed by atoms with Crippen LogP contribution in [0.5, 0.6) is 0 Å². The van der Waals surface area contributed by atoms with Crippen molar-refractivity contribution in [3.63, 3.8) is 0 Å². The number of H-pyrrole nitrogens is 1. The lowest BCUT2D eigenvalue weighted by molar-refractivity contribution is 0.0595. The molecule has 0 fully saturated rings. The Balaban J connectivity index is 2.24. The van der Waals surface area contributed by atoms with Crippen LogP contribution in [0, 0.1) is 0 Å². The Hall–Kier alpha value is -2.05. The Morgan fingerprint density at radius 3 is 2.54 bits per heavy atom. The Morgan fingerprint density at radius 1 is 1.29 bits per heavy atom. The van der Waals surface area contributed by atoms with Crippen LogP contribution in [0.2, 0.25) is 10.0 Å². The summed E-state index contributed by atoms with van der Waals surface area (Å²) in [6.07, 6.45) is 4.21. The topological polar surface area (TPSA) is 84.1 Å². The van der Waals surface area contributed by atoms with Crippen molar-refractivity contribution >= 4 is 40.8 Å². The molecule has 2 N–H and O–H groups in total. The van der Waals surface area contributed by atoms with E-state index in [1.54, 1.807) is 12.1 Å². The molecule has 0 atom stereocenters. The number of esters is 1. The highest BCUT2D eigenvalue weighted by molar-refractivity contribution is 6.40. The molecule has 1 aromatic carbocycles. The summed E-state index contributed by atoms with van der Waals surface area (Å²) in [6, 6.07) is 3.46. The summed E-state index contributed by atoms with van der Waals surface area (Å²) in [4.78, 5) is 24.1. The Labute approximate surface area is 149 Å². The number of nitrogens with one attached hydrogen (secondary N) is 2. The molecular formula is C16H17Cl2N3O3. The zero-order chi connectivity index (χ0) is 17.7. The smallest absolute Gasteiger partial charge is 0.358 e. The molecule has 0 unspecified atom stereocenters. The number of amides is 1. The van der Waals surface area contributed by atoms with Crippen LogP contribution in [0.3, 0.4) is 0 Å². The maximum Gasteiger partial charge on any atom is 0.358 e. The molecule has 0 spiro atoms. The van der Waals surface area contributed by atoms with E-state index < -0.39 is 11.9 Å². The number of aromatic amines is 1. The molecule has 1 amide bonds. The van der Waals surface area contributed by atoms with Crippen molar-refractivity contribution in [1.82, 2.24) is 10.2 Å². The highest BCUT2D eigenvalue weighted by Crippen LogP contribution is 2.28. The fourth-order valence-electron chi connectivity index (χ4n) is 2.19. The Kier molecular flexibility index (Phi) is 6.23. The predicted molar refractivity (Wildman–Crippen MR) is 93.0 cm³/mol. The van der Waals surface area contributed by atoms with Gasteiger partial charge in [0.25, 0.3) is 5.91 Å². The van der Waals surface area contributed by atoms with Crippen molar-refractivity contribution in [3.8, 4) is 0 Å². The number of benzene rings is 1. The molecular weight excluding hydrogens is 353 g/mol. The Bertz CT molecular complexity index is 736. The van der Waals surface area contributed by atoms with E-state index in [1.165, 1.54) is 13.3 Å². The van der Waals surface area contributed by atoms with Crippen LogP contribution in [0.4, 0.5) is 5.69 Å². The van der Waals surface area contributed by atoms with E-state index in [4.69, 9.17) is 23.2 Å². The second-order valence-corrected chi connectivity index (χ2v) is 5.96. The highest BCUT2D eigenvalue weighted by Gasteiger charge is 2.20. The molecule has 0 aliphatic rings. The summed E-state index contributed by atoms with van der Waals surface area (Å²) < 4.78 is 4.61. The predicted octanol–water partition coefficient (Wildman–Crippen LogP) is 4.10. The van der Waals surface area contributed by atoms with Crippen molar-refractivity contribution < 1.29 is 14.3 Å². The molecule has 0 aliphatic heterocycles. The molecule has 0 saturated heterocycles. The molecule has 0 saturated carbocycles. The lowest BCUT2D eigenvalue weighted by Gasteiger charge is -2.10. The van der Waals surface area contributed by atoms with Gasteiger partial charge in [-0.05, 0) is 30.5 Å². The average molecular weight is 370 g/mol. The fourth-order valence-corrected chi connectivity index (χ4v) is 2.90. The molecule has 0 bridgehead atoms. The summed E-state index contributed by atoms with van der Waals surface area (Å²) in [5, 5.41) is 9.27. The first kappa shape index (κ1) is 18.3. The second kappa shape index (κ2) is 8.17. The van der Waals surface area contributed by atoms with Crippen LogP contribution in [0.15, 0.2) is 18.3 Å². The van der Waals surface area contributed by atoms with Gasteiger partial charge in [-0.15, -0.1) is 0 Å². The van der Waals surface area contributed by atoms with Gasteiger partial charge in [-0.2, -0.15) is 5.10 Å². The number of ether oxygens (including phenoxy) is 1. The van der Waals surface area contributed by atoms with E-state index in [0.29, 0.717) is 0 Å². The number of hydrogen-bond acceptors (Lipinski definition) is 4.